The zero-order valence-electron chi connectivity index (χ0n) is 9.71. The van der Waals surface area contributed by atoms with Gasteiger partial charge in [0.15, 0.2) is 12.6 Å². The van der Waals surface area contributed by atoms with Gasteiger partial charge in [-0.1, -0.05) is 24.3 Å². The van der Waals surface area contributed by atoms with Gasteiger partial charge in [-0.3, -0.25) is 3.07 Å². The maximum atomic E-state index is 9.59. The number of hydrogen-bond donors (Lipinski definition) is 2. The molecule has 2 N–H and O–H groups in total. The van der Waals surface area contributed by atoms with Gasteiger partial charge in [-0.15, -0.1) is 0 Å². The number of fused-ring (bicyclic) bond motifs is 1. The first-order valence-corrected chi connectivity index (χ1v) is 6.23. The third-order valence-corrected chi connectivity index (χ3v) is 3.25. The van der Waals surface area contributed by atoms with E-state index in [1.165, 1.54) is 7.11 Å². The van der Waals surface area contributed by atoms with Gasteiger partial charge < -0.3 is 14.9 Å². The van der Waals surface area contributed by atoms with Crippen LogP contribution in [0.25, 0.3) is 10.8 Å². The van der Waals surface area contributed by atoms with Gasteiger partial charge in [0.2, 0.25) is 0 Å². The Morgan fingerprint density at radius 3 is 1.89 bits per heavy atom. The first-order valence-electron chi connectivity index (χ1n) is 5.35. The first kappa shape index (κ1) is 13.7. The fourth-order valence-corrected chi connectivity index (χ4v) is 2.07. The first-order chi connectivity index (χ1) is 8.65. The third-order valence-electron chi connectivity index (χ3n) is 2.77. The fraction of sp³-hybridized carbons (Fsp3) is 0.231. The van der Waals surface area contributed by atoms with Crippen LogP contribution < -0.4 is 0 Å². The molecule has 0 spiro atoms. The molecule has 2 aromatic carbocycles. The average Bonchev–Trinajstić information content (AvgIpc) is 2.44. The molecule has 0 aliphatic carbocycles. The zero-order valence-corrected chi connectivity index (χ0v) is 11.9. The summed E-state index contributed by atoms with van der Waals surface area (Å²) in [6.45, 7) is 0. The molecular weight excluding hydrogens is 347 g/mol. The van der Waals surface area contributed by atoms with E-state index in [-0.39, 0.29) is 0 Å². The quantitative estimate of drug-likeness (QED) is 0.650. The second-order valence-electron chi connectivity index (χ2n) is 3.90. The SMILES string of the molecule is COC(O)c1ccc2cc(C(O)OI)ccc2c1. The second-order valence-corrected chi connectivity index (χ2v) is 4.40. The highest BCUT2D eigenvalue weighted by atomic mass is 127. The molecule has 0 radical (unpaired) electrons. The van der Waals surface area contributed by atoms with E-state index in [4.69, 9.17) is 7.80 Å². The number of ether oxygens (including phenoxy) is 1. The molecule has 4 nitrogen and oxygen atoms in total. The lowest BCUT2D eigenvalue weighted by Crippen LogP contribution is -1.99. The fourth-order valence-electron chi connectivity index (χ4n) is 1.78. The number of hydrogen-bond acceptors (Lipinski definition) is 4. The Balaban J connectivity index is 2.42. The summed E-state index contributed by atoms with van der Waals surface area (Å²) < 4.78 is 9.69. The minimum absolute atomic E-state index is 0.692. The molecule has 2 rings (SSSR count). The van der Waals surface area contributed by atoms with E-state index in [1.54, 1.807) is 35.1 Å². The van der Waals surface area contributed by atoms with Crippen molar-refractivity contribution in [1.82, 2.24) is 0 Å². The molecule has 2 unspecified atom stereocenters. The Kier molecular flexibility index (Phi) is 4.52. The van der Waals surface area contributed by atoms with Crippen LogP contribution in [0.1, 0.15) is 23.7 Å². The molecule has 5 heteroatoms. The zero-order chi connectivity index (χ0) is 13.1. The number of aliphatic hydroxyl groups is 2. The number of aliphatic hydroxyl groups excluding tert-OH is 2. The number of rotatable bonds is 4. The molecule has 0 saturated carbocycles. The van der Waals surface area contributed by atoms with E-state index in [2.05, 4.69) is 0 Å². The Morgan fingerprint density at radius 2 is 1.44 bits per heavy atom. The van der Waals surface area contributed by atoms with Crippen LogP contribution >= 0.6 is 23.0 Å². The van der Waals surface area contributed by atoms with Gasteiger partial charge in [0.05, 0.1) is 0 Å². The van der Waals surface area contributed by atoms with E-state index < -0.39 is 12.6 Å². The normalized spacial score (nSPS) is 14.7. The van der Waals surface area contributed by atoms with E-state index >= 15 is 0 Å². The van der Waals surface area contributed by atoms with Gasteiger partial charge in [0, 0.05) is 18.2 Å². The lowest BCUT2D eigenvalue weighted by atomic mass is 10.0. The molecule has 2 atom stereocenters. The van der Waals surface area contributed by atoms with Crippen molar-refractivity contribution in [2.24, 2.45) is 0 Å². The van der Waals surface area contributed by atoms with E-state index in [0.717, 1.165) is 10.8 Å². The van der Waals surface area contributed by atoms with Crippen molar-refractivity contribution in [3.05, 3.63) is 47.5 Å². The summed E-state index contributed by atoms with van der Waals surface area (Å²) in [5.74, 6) is 0. The molecule has 96 valence electrons. The van der Waals surface area contributed by atoms with Gasteiger partial charge in [0.1, 0.15) is 23.0 Å². The number of benzene rings is 2. The average molecular weight is 360 g/mol. The maximum Gasteiger partial charge on any atom is 0.192 e. The molecular formula is C13H13IO4. The molecule has 0 amide bonds. The Bertz CT molecular complexity index is 494. The minimum Gasteiger partial charge on any atom is -0.364 e. The van der Waals surface area contributed by atoms with Gasteiger partial charge >= 0.3 is 0 Å². The van der Waals surface area contributed by atoms with Crippen LogP contribution in [0.4, 0.5) is 0 Å². The summed E-state index contributed by atoms with van der Waals surface area (Å²) >= 11 is 1.66. The summed E-state index contributed by atoms with van der Waals surface area (Å²) in [6, 6.07) is 11.0. The van der Waals surface area contributed by atoms with Gasteiger partial charge in [0.25, 0.3) is 0 Å². The van der Waals surface area contributed by atoms with Crippen molar-refractivity contribution < 1.29 is 18.0 Å². The molecule has 2 aromatic rings. The highest BCUT2D eigenvalue weighted by molar-refractivity contribution is 14.1. The molecule has 0 aliphatic heterocycles. The van der Waals surface area contributed by atoms with Gasteiger partial charge in [-0.2, -0.15) is 0 Å². The van der Waals surface area contributed by atoms with Crippen molar-refractivity contribution in [3.8, 4) is 0 Å². The summed E-state index contributed by atoms with van der Waals surface area (Å²) in [6.07, 6.45) is -1.85. The van der Waals surface area contributed by atoms with Crippen LogP contribution in [-0.2, 0) is 7.80 Å². The molecule has 0 aliphatic rings. The Labute approximate surface area is 119 Å². The van der Waals surface area contributed by atoms with Crippen LogP contribution in [-0.4, -0.2) is 17.3 Å². The van der Waals surface area contributed by atoms with E-state index in [1.807, 2.05) is 24.3 Å². The standard InChI is InChI=1S/C13H13IO4/c1-17-12(15)10-4-2-9-7-11(13(16)18-14)5-3-8(9)6-10/h2-7,12-13,15-16H,1H3. The smallest absolute Gasteiger partial charge is 0.192 e. The van der Waals surface area contributed by atoms with Crippen LogP contribution in [0.5, 0.6) is 0 Å². The summed E-state index contributed by atoms with van der Waals surface area (Å²) in [7, 11) is 1.45. The molecule has 0 heterocycles. The van der Waals surface area contributed by atoms with Crippen LogP contribution in [0, 0.1) is 0 Å². The van der Waals surface area contributed by atoms with Crippen LogP contribution in [0.15, 0.2) is 36.4 Å². The minimum atomic E-state index is -0.931. The summed E-state index contributed by atoms with van der Waals surface area (Å²) in [5, 5.41) is 21.1. The summed E-state index contributed by atoms with van der Waals surface area (Å²) in [4.78, 5) is 0. The monoisotopic (exact) mass is 360 g/mol. The molecule has 0 aromatic heterocycles. The Morgan fingerprint density at radius 1 is 0.944 bits per heavy atom. The highest BCUT2D eigenvalue weighted by Crippen LogP contribution is 2.25. The molecule has 0 saturated heterocycles. The predicted octanol–water partition coefficient (Wildman–Crippen LogP) is 2.83. The van der Waals surface area contributed by atoms with Gasteiger partial charge in [-0.25, -0.2) is 0 Å². The van der Waals surface area contributed by atoms with Crippen molar-refractivity contribution in [2.75, 3.05) is 7.11 Å². The lowest BCUT2D eigenvalue weighted by molar-refractivity contribution is -0.0768. The maximum absolute atomic E-state index is 9.59. The van der Waals surface area contributed by atoms with Crippen LogP contribution in [0.3, 0.4) is 0 Å². The van der Waals surface area contributed by atoms with Crippen LogP contribution in [0.2, 0.25) is 0 Å². The highest BCUT2D eigenvalue weighted by Gasteiger charge is 2.09. The molecule has 0 bridgehead atoms. The van der Waals surface area contributed by atoms with Crippen molar-refractivity contribution in [2.45, 2.75) is 12.6 Å². The second kappa shape index (κ2) is 5.94. The van der Waals surface area contributed by atoms with Gasteiger partial charge in [-0.05, 0) is 22.9 Å². The molecule has 0 fully saturated rings. The third kappa shape index (κ3) is 2.81. The Hall–Kier alpha value is -0.730. The van der Waals surface area contributed by atoms with Crippen molar-refractivity contribution in [1.29, 1.82) is 0 Å². The molecule has 18 heavy (non-hydrogen) atoms. The predicted molar refractivity (Wildman–Crippen MR) is 76.0 cm³/mol. The largest absolute Gasteiger partial charge is 0.364 e. The topological polar surface area (TPSA) is 58.9 Å². The van der Waals surface area contributed by atoms with Crippen molar-refractivity contribution >= 4 is 33.8 Å². The van der Waals surface area contributed by atoms with E-state index in [0.29, 0.717) is 11.1 Å². The number of methoxy groups -OCH3 is 1. The van der Waals surface area contributed by atoms with E-state index in [9.17, 15) is 10.2 Å². The lowest BCUT2D eigenvalue weighted by Gasteiger charge is -2.11. The van der Waals surface area contributed by atoms with Crippen molar-refractivity contribution in [3.63, 3.8) is 0 Å². The summed E-state index contributed by atoms with van der Waals surface area (Å²) in [5.41, 5.74) is 1.39. The number of halogens is 1.